The maximum Gasteiger partial charge on any atom is -0.00990 e. The summed E-state index contributed by atoms with van der Waals surface area (Å²) in [7, 11) is 0. The van der Waals surface area contributed by atoms with E-state index in [9.17, 15) is 0 Å². The fraction of sp³-hybridized carbons (Fsp3) is 0.0625. The average molecular weight is 409 g/mol. The van der Waals surface area contributed by atoms with E-state index in [2.05, 4.69) is 122 Å². The minimum Gasteiger partial charge on any atom is -0.0616 e. The molecule has 0 heterocycles. The zero-order chi connectivity index (χ0) is 21.5. The van der Waals surface area contributed by atoms with E-state index in [1.54, 1.807) is 0 Å². The van der Waals surface area contributed by atoms with E-state index in [1.807, 2.05) is 0 Å². The summed E-state index contributed by atoms with van der Waals surface area (Å²) in [5, 5.41) is 7.72. The number of hydrogen-bond acceptors (Lipinski definition) is 0. The number of aryl methyl sites for hydroxylation is 1. The van der Waals surface area contributed by atoms with E-state index in [1.165, 1.54) is 60.1 Å². The van der Waals surface area contributed by atoms with Crippen molar-refractivity contribution < 1.29 is 0 Å². The molecule has 0 N–H and O–H groups in total. The fourth-order valence-electron chi connectivity index (χ4n) is 4.77. The van der Waals surface area contributed by atoms with Crippen molar-refractivity contribution in [1.82, 2.24) is 0 Å². The Balaban J connectivity index is 1.62. The lowest BCUT2D eigenvalue weighted by Gasteiger charge is -2.14. The number of hydrogen-bond donors (Lipinski definition) is 0. The van der Waals surface area contributed by atoms with Crippen LogP contribution in [0.3, 0.4) is 0 Å². The van der Waals surface area contributed by atoms with Crippen LogP contribution in [0.5, 0.6) is 0 Å². The van der Waals surface area contributed by atoms with Gasteiger partial charge in [-0.15, -0.1) is 0 Å². The second-order valence-electron chi connectivity index (χ2n) is 8.56. The quantitative estimate of drug-likeness (QED) is 0.274. The monoisotopic (exact) mass is 408 g/mol. The Morgan fingerprint density at radius 1 is 0.438 bits per heavy atom. The molecule has 6 aromatic carbocycles. The fourth-order valence-corrected chi connectivity index (χ4v) is 4.77. The molecule has 0 bridgehead atoms. The molecule has 0 unspecified atom stereocenters. The van der Waals surface area contributed by atoms with Crippen LogP contribution in [0.2, 0.25) is 0 Å². The summed E-state index contributed by atoms with van der Waals surface area (Å²) >= 11 is 0. The average Bonchev–Trinajstić information content (AvgIpc) is 2.87. The van der Waals surface area contributed by atoms with Gasteiger partial charge in [-0.3, -0.25) is 0 Å². The SMILES string of the molecule is CCc1ccc2c(-c3ccc4ccccc4c3)cc(-c3ccc4ccccc4c3)cc2c1. The van der Waals surface area contributed by atoms with Crippen molar-refractivity contribution in [2.24, 2.45) is 0 Å². The minimum atomic E-state index is 1.04. The summed E-state index contributed by atoms with van der Waals surface area (Å²) in [5.74, 6) is 0. The molecule has 6 rings (SSSR count). The van der Waals surface area contributed by atoms with Crippen LogP contribution in [-0.4, -0.2) is 0 Å². The standard InChI is InChI=1S/C32H24/c1-2-22-11-16-31-30(17-22)20-29(27-14-12-23-7-3-5-9-25(23)18-27)21-32(31)28-15-13-24-8-4-6-10-26(24)19-28/h3-21H,2H2,1H3. The minimum absolute atomic E-state index is 1.04. The molecule has 0 aromatic heterocycles. The van der Waals surface area contributed by atoms with Gasteiger partial charge in [0, 0.05) is 0 Å². The van der Waals surface area contributed by atoms with Crippen LogP contribution in [0.4, 0.5) is 0 Å². The molecule has 0 amide bonds. The van der Waals surface area contributed by atoms with E-state index in [0.29, 0.717) is 0 Å². The maximum atomic E-state index is 2.36. The van der Waals surface area contributed by atoms with Crippen molar-refractivity contribution in [3.63, 3.8) is 0 Å². The van der Waals surface area contributed by atoms with E-state index in [0.717, 1.165) is 6.42 Å². The van der Waals surface area contributed by atoms with Gasteiger partial charge in [0.1, 0.15) is 0 Å². The lowest BCUT2D eigenvalue weighted by molar-refractivity contribution is 1.15. The molecule has 0 saturated carbocycles. The molecular formula is C32H24. The first-order chi connectivity index (χ1) is 15.8. The van der Waals surface area contributed by atoms with Crippen molar-refractivity contribution in [2.45, 2.75) is 13.3 Å². The zero-order valence-corrected chi connectivity index (χ0v) is 18.2. The van der Waals surface area contributed by atoms with Crippen molar-refractivity contribution in [3.05, 3.63) is 121 Å². The summed E-state index contributed by atoms with van der Waals surface area (Å²) in [4.78, 5) is 0. The zero-order valence-electron chi connectivity index (χ0n) is 18.2. The lowest BCUT2D eigenvalue weighted by atomic mass is 9.90. The third kappa shape index (κ3) is 3.25. The summed E-state index contributed by atoms with van der Waals surface area (Å²) in [5.41, 5.74) is 6.45. The number of benzene rings is 6. The molecule has 0 aliphatic rings. The maximum absolute atomic E-state index is 2.36. The van der Waals surface area contributed by atoms with Gasteiger partial charge >= 0.3 is 0 Å². The number of rotatable bonds is 3. The van der Waals surface area contributed by atoms with E-state index in [4.69, 9.17) is 0 Å². The van der Waals surface area contributed by atoms with Crippen LogP contribution in [0, 0.1) is 0 Å². The first kappa shape index (κ1) is 18.8. The highest BCUT2D eigenvalue weighted by atomic mass is 14.1. The molecule has 152 valence electrons. The first-order valence-corrected chi connectivity index (χ1v) is 11.3. The summed E-state index contributed by atoms with van der Waals surface area (Å²) in [6.07, 6.45) is 1.04. The Hall–Kier alpha value is -3.90. The third-order valence-corrected chi connectivity index (χ3v) is 6.57. The van der Waals surface area contributed by atoms with Crippen LogP contribution in [-0.2, 0) is 6.42 Å². The molecule has 0 saturated heterocycles. The largest absolute Gasteiger partial charge is 0.0616 e. The molecule has 0 nitrogen and oxygen atoms in total. The van der Waals surface area contributed by atoms with Gasteiger partial charge in [-0.05, 0) is 90.8 Å². The van der Waals surface area contributed by atoms with Crippen molar-refractivity contribution in [1.29, 1.82) is 0 Å². The van der Waals surface area contributed by atoms with Gasteiger partial charge in [0.2, 0.25) is 0 Å². The molecule has 0 spiro atoms. The molecule has 0 aliphatic heterocycles. The van der Waals surface area contributed by atoms with Crippen LogP contribution < -0.4 is 0 Å². The third-order valence-electron chi connectivity index (χ3n) is 6.57. The van der Waals surface area contributed by atoms with Crippen LogP contribution in [0.15, 0.2) is 115 Å². The molecule has 0 heteroatoms. The Bertz CT molecular complexity index is 1600. The molecule has 0 atom stereocenters. The Morgan fingerprint density at radius 2 is 1.03 bits per heavy atom. The topological polar surface area (TPSA) is 0 Å². The van der Waals surface area contributed by atoms with E-state index in [-0.39, 0.29) is 0 Å². The van der Waals surface area contributed by atoms with Crippen molar-refractivity contribution >= 4 is 32.3 Å². The summed E-state index contributed by atoms with van der Waals surface area (Å²) in [6.45, 7) is 2.22. The van der Waals surface area contributed by atoms with Gasteiger partial charge in [0.15, 0.2) is 0 Å². The predicted molar refractivity (Wildman–Crippen MR) is 139 cm³/mol. The molecule has 0 aliphatic carbocycles. The van der Waals surface area contributed by atoms with Crippen LogP contribution in [0.1, 0.15) is 12.5 Å². The van der Waals surface area contributed by atoms with Crippen LogP contribution >= 0.6 is 0 Å². The van der Waals surface area contributed by atoms with E-state index >= 15 is 0 Å². The number of fused-ring (bicyclic) bond motifs is 3. The van der Waals surface area contributed by atoms with Crippen molar-refractivity contribution in [3.8, 4) is 22.3 Å². The lowest BCUT2D eigenvalue weighted by Crippen LogP contribution is -1.88. The van der Waals surface area contributed by atoms with Gasteiger partial charge in [0.25, 0.3) is 0 Å². The summed E-state index contributed by atoms with van der Waals surface area (Å²) < 4.78 is 0. The second-order valence-corrected chi connectivity index (χ2v) is 8.56. The predicted octanol–water partition coefficient (Wildman–Crippen LogP) is 9.04. The van der Waals surface area contributed by atoms with Gasteiger partial charge in [-0.1, -0.05) is 97.9 Å². The smallest absolute Gasteiger partial charge is 0.00990 e. The molecule has 32 heavy (non-hydrogen) atoms. The molecule has 0 fully saturated rings. The first-order valence-electron chi connectivity index (χ1n) is 11.3. The van der Waals surface area contributed by atoms with E-state index < -0.39 is 0 Å². The van der Waals surface area contributed by atoms with Gasteiger partial charge in [-0.25, -0.2) is 0 Å². The molecule has 6 aromatic rings. The highest BCUT2D eigenvalue weighted by molar-refractivity contribution is 6.02. The second kappa shape index (κ2) is 7.66. The Morgan fingerprint density at radius 3 is 1.72 bits per heavy atom. The highest BCUT2D eigenvalue weighted by Gasteiger charge is 2.10. The van der Waals surface area contributed by atoms with Gasteiger partial charge < -0.3 is 0 Å². The Kier molecular flexibility index (Phi) is 4.51. The van der Waals surface area contributed by atoms with Crippen LogP contribution in [0.25, 0.3) is 54.6 Å². The highest BCUT2D eigenvalue weighted by Crippen LogP contribution is 2.36. The normalized spacial score (nSPS) is 11.4. The van der Waals surface area contributed by atoms with Gasteiger partial charge in [-0.2, -0.15) is 0 Å². The molecule has 0 radical (unpaired) electrons. The Labute approximate surface area is 188 Å². The van der Waals surface area contributed by atoms with Gasteiger partial charge in [0.05, 0.1) is 0 Å². The van der Waals surface area contributed by atoms with Crippen molar-refractivity contribution in [2.75, 3.05) is 0 Å². The molecular weight excluding hydrogens is 384 g/mol. The summed E-state index contributed by atoms with van der Waals surface area (Å²) in [6, 6.07) is 42.4.